The van der Waals surface area contributed by atoms with Crippen molar-refractivity contribution in [3.05, 3.63) is 52.3 Å². The van der Waals surface area contributed by atoms with E-state index in [1.54, 1.807) is 17.0 Å². The Balaban J connectivity index is 2.18. The maximum absolute atomic E-state index is 11.6. The number of aryl methyl sites for hydroxylation is 1. The molecule has 0 aliphatic rings. The van der Waals surface area contributed by atoms with Crippen molar-refractivity contribution in [1.82, 2.24) is 14.5 Å². The SMILES string of the molecule is CCCNc1cccc(Cn2cc(C)cnc2=O)n1. The van der Waals surface area contributed by atoms with Gasteiger partial charge in [-0.15, -0.1) is 0 Å². The predicted octanol–water partition coefficient (Wildman–Crippen LogP) is 1.82. The lowest BCUT2D eigenvalue weighted by Gasteiger charge is -2.08. The van der Waals surface area contributed by atoms with Gasteiger partial charge < -0.3 is 5.32 Å². The van der Waals surface area contributed by atoms with Crippen LogP contribution in [-0.2, 0) is 6.54 Å². The summed E-state index contributed by atoms with van der Waals surface area (Å²) >= 11 is 0. The molecule has 0 amide bonds. The monoisotopic (exact) mass is 258 g/mol. The van der Waals surface area contributed by atoms with Crippen LogP contribution in [0.25, 0.3) is 0 Å². The zero-order valence-corrected chi connectivity index (χ0v) is 11.3. The lowest BCUT2D eigenvalue weighted by atomic mass is 10.3. The molecule has 0 saturated heterocycles. The first kappa shape index (κ1) is 13.3. The van der Waals surface area contributed by atoms with E-state index >= 15 is 0 Å². The Morgan fingerprint density at radius 1 is 1.37 bits per heavy atom. The van der Waals surface area contributed by atoms with Gasteiger partial charge in [-0.25, -0.2) is 14.8 Å². The first-order valence-electron chi connectivity index (χ1n) is 6.42. The molecule has 100 valence electrons. The van der Waals surface area contributed by atoms with E-state index in [4.69, 9.17) is 0 Å². The van der Waals surface area contributed by atoms with Gasteiger partial charge in [0.1, 0.15) is 5.82 Å². The summed E-state index contributed by atoms with van der Waals surface area (Å²) in [5.74, 6) is 0.841. The molecule has 2 heterocycles. The molecule has 2 rings (SSSR count). The Hall–Kier alpha value is -2.17. The van der Waals surface area contributed by atoms with Crippen LogP contribution in [0.1, 0.15) is 24.6 Å². The van der Waals surface area contributed by atoms with Crippen molar-refractivity contribution in [3.63, 3.8) is 0 Å². The Labute approximate surface area is 112 Å². The van der Waals surface area contributed by atoms with Crippen LogP contribution in [-0.4, -0.2) is 21.1 Å². The minimum atomic E-state index is -0.251. The first-order valence-corrected chi connectivity index (χ1v) is 6.42. The van der Waals surface area contributed by atoms with Gasteiger partial charge in [0, 0.05) is 18.9 Å². The zero-order valence-electron chi connectivity index (χ0n) is 11.3. The van der Waals surface area contributed by atoms with Gasteiger partial charge in [0.2, 0.25) is 0 Å². The van der Waals surface area contributed by atoms with Crippen molar-refractivity contribution in [2.45, 2.75) is 26.8 Å². The average molecular weight is 258 g/mol. The molecule has 0 atom stereocenters. The van der Waals surface area contributed by atoms with Crippen LogP contribution >= 0.6 is 0 Å². The summed E-state index contributed by atoms with van der Waals surface area (Å²) in [5.41, 5.74) is 1.55. The Morgan fingerprint density at radius 3 is 3.00 bits per heavy atom. The molecular weight excluding hydrogens is 240 g/mol. The molecule has 2 aromatic heterocycles. The first-order chi connectivity index (χ1) is 9.19. The number of aromatic nitrogens is 3. The summed E-state index contributed by atoms with van der Waals surface area (Å²) in [6.45, 7) is 5.35. The maximum atomic E-state index is 11.6. The van der Waals surface area contributed by atoms with Crippen LogP contribution in [0.3, 0.4) is 0 Å². The van der Waals surface area contributed by atoms with Gasteiger partial charge in [-0.2, -0.15) is 0 Å². The summed E-state index contributed by atoms with van der Waals surface area (Å²) < 4.78 is 1.57. The number of pyridine rings is 1. The van der Waals surface area contributed by atoms with E-state index in [2.05, 4.69) is 22.2 Å². The molecule has 0 spiro atoms. The van der Waals surface area contributed by atoms with Crippen molar-refractivity contribution >= 4 is 5.82 Å². The smallest absolute Gasteiger partial charge is 0.347 e. The van der Waals surface area contributed by atoms with Crippen LogP contribution in [0.15, 0.2) is 35.4 Å². The lowest BCUT2D eigenvalue weighted by molar-refractivity contribution is 0.706. The van der Waals surface area contributed by atoms with Crippen LogP contribution in [0.5, 0.6) is 0 Å². The second-order valence-corrected chi connectivity index (χ2v) is 4.48. The van der Waals surface area contributed by atoms with Crippen molar-refractivity contribution in [2.75, 3.05) is 11.9 Å². The second kappa shape index (κ2) is 6.13. The fourth-order valence-corrected chi connectivity index (χ4v) is 1.77. The molecule has 0 fully saturated rings. The summed E-state index contributed by atoms with van der Waals surface area (Å²) in [6.07, 6.45) is 4.42. The molecule has 0 bridgehead atoms. The van der Waals surface area contributed by atoms with E-state index in [1.807, 2.05) is 25.1 Å². The Bertz CT molecular complexity index is 606. The van der Waals surface area contributed by atoms with Crippen LogP contribution in [0, 0.1) is 6.92 Å². The van der Waals surface area contributed by atoms with E-state index in [1.165, 1.54) is 0 Å². The average Bonchev–Trinajstić information content (AvgIpc) is 2.41. The molecule has 0 aliphatic carbocycles. The molecule has 0 radical (unpaired) electrons. The fourth-order valence-electron chi connectivity index (χ4n) is 1.77. The van der Waals surface area contributed by atoms with Crippen LogP contribution in [0.4, 0.5) is 5.82 Å². The highest BCUT2D eigenvalue weighted by Crippen LogP contribution is 2.06. The van der Waals surface area contributed by atoms with E-state index in [0.29, 0.717) is 6.54 Å². The van der Waals surface area contributed by atoms with E-state index in [0.717, 1.165) is 30.0 Å². The molecular formula is C14H18N4O. The molecule has 5 nitrogen and oxygen atoms in total. The molecule has 0 aromatic carbocycles. The van der Waals surface area contributed by atoms with E-state index in [9.17, 15) is 4.79 Å². The zero-order chi connectivity index (χ0) is 13.7. The predicted molar refractivity (Wildman–Crippen MR) is 75.4 cm³/mol. The second-order valence-electron chi connectivity index (χ2n) is 4.48. The number of anilines is 1. The van der Waals surface area contributed by atoms with E-state index < -0.39 is 0 Å². The molecule has 0 saturated carbocycles. The quantitative estimate of drug-likeness (QED) is 0.888. The number of rotatable bonds is 5. The third-order valence-electron chi connectivity index (χ3n) is 2.68. The summed E-state index contributed by atoms with van der Waals surface area (Å²) in [4.78, 5) is 19.9. The van der Waals surface area contributed by atoms with Crippen LogP contribution < -0.4 is 11.0 Å². The number of nitrogens with one attached hydrogen (secondary N) is 1. The van der Waals surface area contributed by atoms with Crippen molar-refractivity contribution < 1.29 is 0 Å². The standard InChI is InChI=1S/C14H18N4O/c1-3-7-15-13-6-4-5-12(17-13)10-18-9-11(2)8-16-14(18)19/h4-6,8-9H,3,7,10H2,1-2H3,(H,15,17). The fraction of sp³-hybridized carbons (Fsp3) is 0.357. The highest BCUT2D eigenvalue weighted by Gasteiger charge is 2.02. The lowest BCUT2D eigenvalue weighted by Crippen LogP contribution is -2.23. The summed E-state index contributed by atoms with van der Waals surface area (Å²) in [7, 11) is 0. The molecule has 2 aromatic rings. The van der Waals surface area contributed by atoms with E-state index in [-0.39, 0.29) is 5.69 Å². The van der Waals surface area contributed by atoms with Crippen LogP contribution in [0.2, 0.25) is 0 Å². The van der Waals surface area contributed by atoms with Gasteiger partial charge in [-0.1, -0.05) is 13.0 Å². The Kier molecular flexibility index (Phi) is 4.28. The van der Waals surface area contributed by atoms with Gasteiger partial charge in [0.25, 0.3) is 0 Å². The van der Waals surface area contributed by atoms with Crippen molar-refractivity contribution in [2.24, 2.45) is 0 Å². The minimum Gasteiger partial charge on any atom is -0.370 e. The van der Waals surface area contributed by atoms with Gasteiger partial charge in [0.05, 0.1) is 12.2 Å². The topological polar surface area (TPSA) is 59.8 Å². The number of hydrogen-bond acceptors (Lipinski definition) is 4. The highest BCUT2D eigenvalue weighted by molar-refractivity contribution is 5.35. The summed E-state index contributed by atoms with van der Waals surface area (Å²) in [5, 5.41) is 3.23. The molecule has 1 N–H and O–H groups in total. The van der Waals surface area contributed by atoms with Gasteiger partial charge in [0.15, 0.2) is 0 Å². The normalized spacial score (nSPS) is 10.4. The number of hydrogen-bond donors (Lipinski definition) is 1. The molecule has 19 heavy (non-hydrogen) atoms. The third kappa shape index (κ3) is 3.64. The van der Waals surface area contributed by atoms with Crippen molar-refractivity contribution in [1.29, 1.82) is 0 Å². The summed E-state index contributed by atoms with van der Waals surface area (Å²) in [6, 6.07) is 5.77. The largest absolute Gasteiger partial charge is 0.370 e. The van der Waals surface area contributed by atoms with Gasteiger partial charge in [-0.3, -0.25) is 4.57 Å². The Morgan fingerprint density at radius 2 is 2.21 bits per heavy atom. The van der Waals surface area contributed by atoms with Gasteiger partial charge >= 0.3 is 5.69 Å². The molecule has 0 aliphatic heterocycles. The molecule has 0 unspecified atom stereocenters. The van der Waals surface area contributed by atoms with Crippen molar-refractivity contribution in [3.8, 4) is 0 Å². The minimum absolute atomic E-state index is 0.251. The van der Waals surface area contributed by atoms with Gasteiger partial charge in [-0.05, 0) is 31.0 Å². The maximum Gasteiger partial charge on any atom is 0.347 e. The third-order valence-corrected chi connectivity index (χ3v) is 2.68. The highest BCUT2D eigenvalue weighted by atomic mass is 16.1. The number of nitrogens with zero attached hydrogens (tertiary/aromatic N) is 3. The molecule has 5 heteroatoms.